The molecule has 1 aromatic heterocycles. The Morgan fingerprint density at radius 3 is 2.69 bits per heavy atom. The summed E-state index contributed by atoms with van der Waals surface area (Å²) in [6, 6.07) is 0.424. The van der Waals surface area contributed by atoms with Gasteiger partial charge < -0.3 is 5.32 Å². The van der Waals surface area contributed by atoms with Gasteiger partial charge in [-0.1, -0.05) is 13.8 Å². The summed E-state index contributed by atoms with van der Waals surface area (Å²) >= 11 is 5.59. The normalized spacial score (nSPS) is 10.5. The first-order valence-electron chi connectivity index (χ1n) is 4.38. The van der Waals surface area contributed by atoms with Crippen molar-refractivity contribution >= 4 is 17.4 Å². The van der Waals surface area contributed by atoms with Crippen LogP contribution in [-0.4, -0.2) is 21.2 Å². The molecule has 0 aliphatic heterocycles. The smallest absolute Gasteiger partial charge is 0.244 e. The van der Waals surface area contributed by atoms with Gasteiger partial charge >= 0.3 is 0 Å². The summed E-state index contributed by atoms with van der Waals surface area (Å²) in [7, 11) is 0. The van der Waals surface area contributed by atoms with Crippen LogP contribution in [0.15, 0.2) is 6.20 Å². The molecule has 0 saturated heterocycles. The molecular formula is C8H13ClN4. The molecule has 1 aromatic rings. The van der Waals surface area contributed by atoms with Crippen LogP contribution >= 0.6 is 11.6 Å². The van der Waals surface area contributed by atoms with E-state index in [1.807, 2.05) is 0 Å². The number of hydrogen-bond donors (Lipinski definition) is 1. The van der Waals surface area contributed by atoms with Crippen LogP contribution < -0.4 is 5.32 Å². The average molecular weight is 201 g/mol. The summed E-state index contributed by atoms with van der Waals surface area (Å²) in [6.45, 7) is 4.24. The lowest BCUT2D eigenvalue weighted by atomic mass is 10.2. The van der Waals surface area contributed by atoms with Gasteiger partial charge in [-0.2, -0.15) is 10.1 Å². The highest BCUT2D eigenvalue weighted by molar-refractivity contribution is 6.28. The molecular weight excluding hydrogens is 188 g/mol. The first-order valence-corrected chi connectivity index (χ1v) is 4.75. The molecule has 4 nitrogen and oxygen atoms in total. The van der Waals surface area contributed by atoms with E-state index in [1.165, 1.54) is 0 Å². The van der Waals surface area contributed by atoms with Crippen molar-refractivity contribution in [3.05, 3.63) is 11.5 Å². The van der Waals surface area contributed by atoms with Crippen LogP contribution in [0.5, 0.6) is 0 Å². The van der Waals surface area contributed by atoms with Crippen LogP contribution in [0, 0.1) is 0 Å². The fourth-order valence-corrected chi connectivity index (χ4v) is 1.19. The highest BCUT2D eigenvalue weighted by Gasteiger charge is 2.04. The number of nitrogens with zero attached hydrogens (tertiary/aromatic N) is 3. The van der Waals surface area contributed by atoms with Gasteiger partial charge in [0.2, 0.25) is 5.28 Å². The minimum Gasteiger partial charge on any atom is -0.366 e. The van der Waals surface area contributed by atoms with E-state index in [0.29, 0.717) is 11.9 Å². The van der Waals surface area contributed by atoms with E-state index in [-0.39, 0.29) is 5.28 Å². The second kappa shape index (κ2) is 4.97. The summed E-state index contributed by atoms with van der Waals surface area (Å²) in [6.07, 6.45) is 3.68. The Morgan fingerprint density at radius 2 is 2.15 bits per heavy atom. The van der Waals surface area contributed by atoms with E-state index in [9.17, 15) is 0 Å². The van der Waals surface area contributed by atoms with Gasteiger partial charge in [-0.15, -0.1) is 5.10 Å². The molecule has 13 heavy (non-hydrogen) atoms. The van der Waals surface area contributed by atoms with Crippen LogP contribution in [0.3, 0.4) is 0 Å². The Morgan fingerprint density at radius 1 is 1.46 bits per heavy atom. The second-order valence-electron chi connectivity index (χ2n) is 2.77. The summed E-state index contributed by atoms with van der Waals surface area (Å²) in [5.74, 6) is 0.689. The SMILES string of the molecule is CCC(CC)Nc1cnnc(Cl)n1. The maximum Gasteiger partial charge on any atom is 0.244 e. The molecule has 0 radical (unpaired) electrons. The molecule has 1 rings (SSSR count). The van der Waals surface area contributed by atoms with Gasteiger partial charge in [0.25, 0.3) is 0 Å². The third kappa shape index (κ3) is 3.14. The highest BCUT2D eigenvalue weighted by atomic mass is 35.5. The number of halogens is 1. The first kappa shape index (κ1) is 10.2. The van der Waals surface area contributed by atoms with Crippen LogP contribution in [0.4, 0.5) is 5.82 Å². The molecule has 0 saturated carbocycles. The summed E-state index contributed by atoms with van der Waals surface area (Å²) in [4.78, 5) is 3.99. The number of nitrogens with one attached hydrogen (secondary N) is 1. The monoisotopic (exact) mass is 200 g/mol. The minimum atomic E-state index is 0.177. The standard InChI is InChI=1S/C8H13ClN4/c1-3-6(4-2)11-7-5-10-13-8(9)12-7/h5-6H,3-4H2,1-2H3,(H,11,12,13). The lowest BCUT2D eigenvalue weighted by Crippen LogP contribution is -2.18. The fourth-order valence-electron chi connectivity index (χ4n) is 1.05. The molecule has 0 bridgehead atoms. The Balaban J connectivity index is 2.62. The van der Waals surface area contributed by atoms with Crippen molar-refractivity contribution in [1.82, 2.24) is 15.2 Å². The molecule has 0 spiro atoms. The highest BCUT2D eigenvalue weighted by Crippen LogP contribution is 2.08. The van der Waals surface area contributed by atoms with Crippen LogP contribution in [-0.2, 0) is 0 Å². The summed E-state index contributed by atoms with van der Waals surface area (Å²) < 4.78 is 0. The molecule has 0 unspecified atom stereocenters. The van der Waals surface area contributed by atoms with Crippen molar-refractivity contribution in [2.24, 2.45) is 0 Å². The number of rotatable bonds is 4. The van der Waals surface area contributed by atoms with Gasteiger partial charge in [-0.25, -0.2) is 0 Å². The van der Waals surface area contributed by atoms with Crippen molar-refractivity contribution in [3.8, 4) is 0 Å². The van der Waals surface area contributed by atoms with E-state index in [4.69, 9.17) is 11.6 Å². The molecule has 0 aliphatic rings. The third-order valence-electron chi connectivity index (χ3n) is 1.87. The largest absolute Gasteiger partial charge is 0.366 e. The van der Waals surface area contributed by atoms with E-state index < -0.39 is 0 Å². The molecule has 72 valence electrons. The zero-order chi connectivity index (χ0) is 9.68. The summed E-state index contributed by atoms with van der Waals surface area (Å²) in [5.41, 5.74) is 0. The van der Waals surface area contributed by atoms with Gasteiger partial charge in [0.05, 0.1) is 6.20 Å². The lowest BCUT2D eigenvalue weighted by Gasteiger charge is -2.14. The molecule has 0 aromatic carbocycles. The van der Waals surface area contributed by atoms with Crippen molar-refractivity contribution in [1.29, 1.82) is 0 Å². The van der Waals surface area contributed by atoms with Crippen molar-refractivity contribution in [2.75, 3.05) is 5.32 Å². The number of anilines is 1. The topological polar surface area (TPSA) is 50.7 Å². The van der Waals surface area contributed by atoms with E-state index in [2.05, 4.69) is 34.3 Å². The van der Waals surface area contributed by atoms with E-state index in [1.54, 1.807) is 6.20 Å². The van der Waals surface area contributed by atoms with E-state index >= 15 is 0 Å². The van der Waals surface area contributed by atoms with Gasteiger partial charge in [-0.05, 0) is 24.4 Å². The van der Waals surface area contributed by atoms with Crippen LogP contribution in [0.2, 0.25) is 5.28 Å². The Hall–Kier alpha value is -0.900. The van der Waals surface area contributed by atoms with Gasteiger partial charge in [0, 0.05) is 6.04 Å². The van der Waals surface area contributed by atoms with Gasteiger partial charge in [-0.3, -0.25) is 0 Å². The van der Waals surface area contributed by atoms with E-state index in [0.717, 1.165) is 12.8 Å². The van der Waals surface area contributed by atoms with Crippen molar-refractivity contribution in [2.45, 2.75) is 32.7 Å². The average Bonchev–Trinajstić information content (AvgIpc) is 2.14. The van der Waals surface area contributed by atoms with Crippen LogP contribution in [0.1, 0.15) is 26.7 Å². The maximum absolute atomic E-state index is 5.59. The Kier molecular flexibility index (Phi) is 3.89. The van der Waals surface area contributed by atoms with Crippen molar-refractivity contribution < 1.29 is 0 Å². The number of aromatic nitrogens is 3. The van der Waals surface area contributed by atoms with Crippen molar-refractivity contribution in [3.63, 3.8) is 0 Å². The number of hydrogen-bond acceptors (Lipinski definition) is 4. The molecule has 0 atom stereocenters. The third-order valence-corrected chi connectivity index (χ3v) is 2.03. The summed E-state index contributed by atoms with van der Waals surface area (Å²) in [5, 5.41) is 10.7. The second-order valence-corrected chi connectivity index (χ2v) is 3.11. The van der Waals surface area contributed by atoms with Gasteiger partial charge in [0.15, 0.2) is 0 Å². The lowest BCUT2D eigenvalue weighted by molar-refractivity contribution is 0.667. The molecule has 0 fully saturated rings. The maximum atomic E-state index is 5.59. The quantitative estimate of drug-likeness (QED) is 0.809. The molecule has 1 N–H and O–H groups in total. The Bertz CT molecular complexity index is 262. The van der Waals surface area contributed by atoms with Crippen LogP contribution in [0.25, 0.3) is 0 Å². The molecule has 5 heteroatoms. The zero-order valence-electron chi connectivity index (χ0n) is 7.79. The molecule has 0 aliphatic carbocycles. The molecule has 1 heterocycles. The zero-order valence-corrected chi connectivity index (χ0v) is 8.54. The predicted molar refractivity (Wildman–Crippen MR) is 52.8 cm³/mol. The predicted octanol–water partition coefficient (Wildman–Crippen LogP) is 2.13. The van der Waals surface area contributed by atoms with Gasteiger partial charge in [0.1, 0.15) is 5.82 Å². The Labute approximate surface area is 82.7 Å². The first-order chi connectivity index (χ1) is 6.26. The molecule has 0 amide bonds. The fraction of sp³-hybridized carbons (Fsp3) is 0.625. The minimum absolute atomic E-state index is 0.177.